The predicted molar refractivity (Wildman–Crippen MR) is 92.3 cm³/mol. The summed E-state index contributed by atoms with van der Waals surface area (Å²) in [6.45, 7) is 3.91. The lowest BCUT2D eigenvalue weighted by molar-refractivity contribution is 0.0917. The van der Waals surface area contributed by atoms with Gasteiger partial charge in [0.25, 0.3) is 5.91 Å². The second kappa shape index (κ2) is 7.64. The van der Waals surface area contributed by atoms with Crippen LogP contribution in [-0.2, 0) is 4.74 Å². The van der Waals surface area contributed by atoms with Crippen molar-refractivity contribution in [1.29, 1.82) is 0 Å². The van der Waals surface area contributed by atoms with Crippen LogP contribution in [-0.4, -0.2) is 41.9 Å². The minimum absolute atomic E-state index is 0.0382. The van der Waals surface area contributed by atoms with Crippen LogP contribution < -0.4 is 5.32 Å². The lowest BCUT2D eigenvalue weighted by Crippen LogP contribution is -2.35. The summed E-state index contributed by atoms with van der Waals surface area (Å²) >= 11 is 0. The van der Waals surface area contributed by atoms with Crippen molar-refractivity contribution in [3.63, 3.8) is 0 Å². The molecule has 2 aromatic rings. The van der Waals surface area contributed by atoms with Gasteiger partial charge in [-0.2, -0.15) is 0 Å². The second-order valence-corrected chi connectivity index (χ2v) is 6.39. The van der Waals surface area contributed by atoms with E-state index in [9.17, 15) is 9.90 Å². The lowest BCUT2D eigenvalue weighted by Gasteiger charge is -2.21. The maximum absolute atomic E-state index is 12.7. The zero-order chi connectivity index (χ0) is 16.9. The number of aliphatic hydroxyl groups excluding tert-OH is 1. The number of carbonyl (C=O) groups is 1. The van der Waals surface area contributed by atoms with Gasteiger partial charge < -0.3 is 19.7 Å². The molecule has 1 saturated heterocycles. The summed E-state index contributed by atoms with van der Waals surface area (Å²) in [7, 11) is 0. The summed E-state index contributed by atoms with van der Waals surface area (Å²) in [6.07, 6.45) is 4.79. The van der Waals surface area contributed by atoms with Crippen molar-refractivity contribution in [1.82, 2.24) is 9.88 Å². The Morgan fingerprint density at radius 3 is 2.88 bits per heavy atom. The van der Waals surface area contributed by atoms with E-state index < -0.39 is 0 Å². The van der Waals surface area contributed by atoms with Gasteiger partial charge in [-0.1, -0.05) is 11.6 Å². The molecule has 0 spiro atoms. The molecule has 1 aromatic carbocycles. The SMILES string of the molecule is Cc1ccc(-n2cccc2)c(C(=O)NC[C@@H](CO)[C@@H]2CCOC2)c1. The van der Waals surface area contributed by atoms with Gasteiger partial charge in [-0.05, 0) is 43.5 Å². The molecule has 0 saturated carbocycles. The average Bonchev–Trinajstić information content (AvgIpc) is 3.29. The number of aromatic nitrogens is 1. The number of nitrogens with zero attached hydrogens (tertiary/aromatic N) is 1. The zero-order valence-electron chi connectivity index (χ0n) is 13.9. The van der Waals surface area contributed by atoms with Crippen molar-refractivity contribution in [3.05, 3.63) is 53.9 Å². The number of aryl methyl sites for hydroxylation is 1. The van der Waals surface area contributed by atoms with Crippen molar-refractivity contribution in [3.8, 4) is 5.69 Å². The third-order valence-corrected chi connectivity index (χ3v) is 4.67. The normalized spacial score (nSPS) is 18.5. The Bertz CT molecular complexity index is 676. The molecule has 5 nitrogen and oxygen atoms in total. The highest BCUT2D eigenvalue weighted by atomic mass is 16.5. The van der Waals surface area contributed by atoms with Crippen LogP contribution >= 0.6 is 0 Å². The molecular formula is C19H24N2O3. The first kappa shape index (κ1) is 16.7. The number of nitrogens with one attached hydrogen (secondary N) is 1. The fraction of sp³-hybridized carbons (Fsp3) is 0.421. The molecule has 0 radical (unpaired) electrons. The molecule has 3 rings (SSSR count). The first-order valence-electron chi connectivity index (χ1n) is 8.40. The quantitative estimate of drug-likeness (QED) is 0.854. The first-order chi connectivity index (χ1) is 11.7. The maximum Gasteiger partial charge on any atom is 0.253 e. The van der Waals surface area contributed by atoms with Crippen molar-refractivity contribution in [2.45, 2.75) is 13.3 Å². The van der Waals surface area contributed by atoms with Gasteiger partial charge >= 0.3 is 0 Å². The van der Waals surface area contributed by atoms with E-state index in [0.29, 0.717) is 24.6 Å². The Morgan fingerprint density at radius 2 is 2.21 bits per heavy atom. The minimum atomic E-state index is -0.111. The fourth-order valence-electron chi connectivity index (χ4n) is 3.18. The van der Waals surface area contributed by atoms with E-state index in [1.807, 2.05) is 54.2 Å². The number of rotatable bonds is 6. The van der Waals surface area contributed by atoms with E-state index in [1.165, 1.54) is 0 Å². The third-order valence-electron chi connectivity index (χ3n) is 4.67. The highest BCUT2D eigenvalue weighted by Gasteiger charge is 2.26. The molecule has 2 atom stereocenters. The summed E-state index contributed by atoms with van der Waals surface area (Å²) in [6, 6.07) is 9.72. The minimum Gasteiger partial charge on any atom is -0.396 e. The van der Waals surface area contributed by atoms with Gasteiger partial charge in [0, 0.05) is 44.7 Å². The van der Waals surface area contributed by atoms with Crippen LogP contribution in [0.2, 0.25) is 0 Å². The van der Waals surface area contributed by atoms with Gasteiger partial charge in [-0.3, -0.25) is 4.79 Å². The first-order valence-corrected chi connectivity index (χ1v) is 8.40. The molecule has 2 heterocycles. The van der Waals surface area contributed by atoms with E-state index >= 15 is 0 Å². The van der Waals surface area contributed by atoms with Gasteiger partial charge in [-0.15, -0.1) is 0 Å². The van der Waals surface area contributed by atoms with E-state index in [0.717, 1.165) is 24.3 Å². The Morgan fingerprint density at radius 1 is 1.42 bits per heavy atom. The molecular weight excluding hydrogens is 304 g/mol. The third kappa shape index (κ3) is 3.68. The number of carbonyl (C=O) groups excluding carboxylic acids is 1. The average molecular weight is 328 g/mol. The van der Waals surface area contributed by atoms with Gasteiger partial charge in [0.2, 0.25) is 0 Å². The Hall–Kier alpha value is -2.11. The molecule has 24 heavy (non-hydrogen) atoms. The van der Waals surface area contributed by atoms with Gasteiger partial charge in [0.05, 0.1) is 11.3 Å². The molecule has 0 aliphatic carbocycles. The largest absolute Gasteiger partial charge is 0.396 e. The van der Waals surface area contributed by atoms with Gasteiger partial charge in [0.1, 0.15) is 0 Å². The number of hydrogen-bond acceptors (Lipinski definition) is 3. The molecule has 5 heteroatoms. The molecule has 1 aromatic heterocycles. The van der Waals surface area contributed by atoms with Crippen LogP contribution in [0.3, 0.4) is 0 Å². The monoisotopic (exact) mass is 328 g/mol. The zero-order valence-corrected chi connectivity index (χ0v) is 13.9. The van der Waals surface area contributed by atoms with E-state index in [4.69, 9.17) is 4.74 Å². The molecule has 1 aliphatic heterocycles. The predicted octanol–water partition coefficient (Wildman–Crippen LogP) is 2.16. The fourth-order valence-corrected chi connectivity index (χ4v) is 3.18. The van der Waals surface area contributed by atoms with Crippen LogP contribution in [0.1, 0.15) is 22.3 Å². The number of ether oxygens (including phenoxy) is 1. The molecule has 0 bridgehead atoms. The number of amides is 1. The van der Waals surface area contributed by atoms with Gasteiger partial charge in [-0.25, -0.2) is 0 Å². The Balaban J connectivity index is 1.73. The molecule has 2 N–H and O–H groups in total. The number of benzene rings is 1. The highest BCUT2D eigenvalue weighted by molar-refractivity contribution is 5.98. The van der Waals surface area contributed by atoms with Crippen molar-refractivity contribution in [2.24, 2.45) is 11.8 Å². The summed E-state index contributed by atoms with van der Waals surface area (Å²) < 4.78 is 7.32. The van der Waals surface area contributed by atoms with Crippen molar-refractivity contribution in [2.75, 3.05) is 26.4 Å². The van der Waals surface area contributed by atoms with Crippen LogP contribution in [0, 0.1) is 18.8 Å². The van der Waals surface area contributed by atoms with Crippen LogP contribution in [0.5, 0.6) is 0 Å². The van der Waals surface area contributed by atoms with E-state index in [2.05, 4.69) is 5.32 Å². The van der Waals surface area contributed by atoms with E-state index in [-0.39, 0.29) is 18.4 Å². The van der Waals surface area contributed by atoms with Crippen molar-refractivity contribution < 1.29 is 14.6 Å². The summed E-state index contributed by atoms with van der Waals surface area (Å²) in [5, 5.41) is 12.6. The van der Waals surface area contributed by atoms with Crippen LogP contribution in [0.25, 0.3) is 5.69 Å². The summed E-state index contributed by atoms with van der Waals surface area (Å²) in [5.74, 6) is 0.243. The Labute approximate surface area is 142 Å². The topological polar surface area (TPSA) is 63.5 Å². The molecule has 1 fully saturated rings. The molecule has 0 unspecified atom stereocenters. The lowest BCUT2D eigenvalue weighted by atomic mass is 9.92. The highest BCUT2D eigenvalue weighted by Crippen LogP contribution is 2.22. The standard InChI is InChI=1S/C19H24N2O3/c1-14-4-5-18(21-7-2-3-8-21)17(10-14)19(23)20-11-16(12-22)15-6-9-24-13-15/h2-5,7-8,10,15-16,22H,6,9,11-13H2,1H3,(H,20,23)/t15-,16+/m1/s1. The van der Waals surface area contributed by atoms with Crippen LogP contribution in [0.4, 0.5) is 0 Å². The van der Waals surface area contributed by atoms with Gasteiger partial charge in [0.15, 0.2) is 0 Å². The molecule has 128 valence electrons. The van der Waals surface area contributed by atoms with E-state index in [1.54, 1.807) is 0 Å². The van der Waals surface area contributed by atoms with Crippen LogP contribution in [0.15, 0.2) is 42.7 Å². The molecule has 1 aliphatic rings. The molecule has 1 amide bonds. The summed E-state index contributed by atoms with van der Waals surface area (Å²) in [4.78, 5) is 12.7. The van der Waals surface area contributed by atoms with Crippen molar-refractivity contribution >= 4 is 5.91 Å². The number of aliphatic hydroxyl groups is 1. The summed E-state index contributed by atoms with van der Waals surface area (Å²) in [5.41, 5.74) is 2.54. The maximum atomic E-state index is 12.7. The number of hydrogen-bond donors (Lipinski definition) is 2. The Kier molecular flexibility index (Phi) is 5.33. The smallest absolute Gasteiger partial charge is 0.253 e. The second-order valence-electron chi connectivity index (χ2n) is 6.39.